The van der Waals surface area contributed by atoms with E-state index in [0.29, 0.717) is 26.6 Å². The Bertz CT molecular complexity index is 830. The topological polar surface area (TPSA) is 75.2 Å². The first-order valence-electron chi connectivity index (χ1n) is 6.33. The van der Waals surface area contributed by atoms with Crippen LogP contribution in [-0.4, -0.2) is 27.7 Å². The molecule has 3 rings (SSSR count). The fraction of sp³-hybridized carbons (Fsp3) is 0.0667. The normalized spacial score (nSPS) is 10.8. The van der Waals surface area contributed by atoms with E-state index < -0.39 is 12.6 Å². The Morgan fingerprint density at radius 1 is 1.36 bits per heavy atom. The highest BCUT2D eigenvalue weighted by Crippen LogP contribution is 2.38. The number of imidazole rings is 1. The van der Waals surface area contributed by atoms with Gasteiger partial charge in [0.25, 0.3) is 0 Å². The number of benzene rings is 2. The molecule has 0 bridgehead atoms. The number of ether oxygens (including phenoxy) is 1. The predicted octanol–water partition coefficient (Wildman–Crippen LogP) is 4.11. The van der Waals surface area contributed by atoms with Gasteiger partial charge >= 0.3 is 5.97 Å². The molecule has 22 heavy (non-hydrogen) atoms. The molecular weight excluding hydrogens is 372 g/mol. The maximum Gasteiger partial charge on any atom is 0.341 e. The molecule has 0 saturated heterocycles. The third-order valence-electron chi connectivity index (χ3n) is 2.99. The van der Waals surface area contributed by atoms with Gasteiger partial charge in [0.15, 0.2) is 6.61 Å². The van der Waals surface area contributed by atoms with Crippen molar-refractivity contribution in [3.8, 4) is 17.1 Å². The first kappa shape index (κ1) is 14.9. The number of nitrogens with zero attached hydrogens (tertiary/aromatic N) is 1. The number of aromatic nitrogens is 2. The molecule has 0 fully saturated rings. The van der Waals surface area contributed by atoms with Crippen molar-refractivity contribution in [2.75, 3.05) is 6.61 Å². The van der Waals surface area contributed by atoms with E-state index >= 15 is 0 Å². The molecule has 0 aliphatic heterocycles. The number of para-hydroxylation sites is 2. The van der Waals surface area contributed by atoms with Crippen molar-refractivity contribution in [1.82, 2.24) is 9.97 Å². The Hall–Kier alpha value is -2.05. The first-order valence-corrected chi connectivity index (χ1v) is 7.50. The van der Waals surface area contributed by atoms with Crippen molar-refractivity contribution < 1.29 is 14.6 Å². The Balaban J connectivity index is 2.13. The van der Waals surface area contributed by atoms with Gasteiger partial charge in [-0.25, -0.2) is 9.78 Å². The molecule has 0 saturated carbocycles. The molecule has 0 atom stereocenters. The average Bonchev–Trinajstić information content (AvgIpc) is 2.89. The number of carboxylic acid groups (broad SMARTS) is 1. The number of aliphatic carboxylic acids is 1. The summed E-state index contributed by atoms with van der Waals surface area (Å²) >= 11 is 9.44. The van der Waals surface area contributed by atoms with Crippen LogP contribution in [0.4, 0.5) is 0 Å². The van der Waals surface area contributed by atoms with E-state index in [-0.39, 0.29) is 0 Å². The molecule has 3 aromatic rings. The quantitative estimate of drug-likeness (QED) is 0.713. The molecule has 1 aromatic heterocycles. The lowest BCUT2D eigenvalue weighted by atomic mass is 10.2. The molecule has 1 heterocycles. The van der Waals surface area contributed by atoms with Gasteiger partial charge in [-0.1, -0.05) is 23.7 Å². The van der Waals surface area contributed by atoms with Crippen LogP contribution in [0.1, 0.15) is 0 Å². The first-order chi connectivity index (χ1) is 10.5. The maximum absolute atomic E-state index is 10.7. The minimum Gasteiger partial charge on any atom is -0.480 e. The second-order valence-electron chi connectivity index (χ2n) is 4.55. The van der Waals surface area contributed by atoms with Gasteiger partial charge in [0.05, 0.1) is 21.1 Å². The van der Waals surface area contributed by atoms with Crippen molar-refractivity contribution in [3.05, 3.63) is 45.9 Å². The number of rotatable bonds is 4. The molecule has 112 valence electrons. The number of halogens is 2. The Kier molecular flexibility index (Phi) is 4.04. The highest BCUT2D eigenvalue weighted by atomic mass is 79.9. The van der Waals surface area contributed by atoms with Gasteiger partial charge in [-0.3, -0.25) is 0 Å². The van der Waals surface area contributed by atoms with Crippen LogP contribution in [0.15, 0.2) is 40.9 Å². The van der Waals surface area contributed by atoms with Crippen LogP contribution in [-0.2, 0) is 4.79 Å². The van der Waals surface area contributed by atoms with Crippen molar-refractivity contribution in [3.63, 3.8) is 0 Å². The molecular formula is C15H10BrClN2O3. The van der Waals surface area contributed by atoms with Gasteiger partial charge in [0.2, 0.25) is 0 Å². The fourth-order valence-corrected chi connectivity index (χ4v) is 3.02. The number of aromatic amines is 1. The van der Waals surface area contributed by atoms with E-state index in [1.807, 2.05) is 24.3 Å². The summed E-state index contributed by atoms with van der Waals surface area (Å²) in [6.45, 7) is -0.451. The number of carboxylic acids is 1. The van der Waals surface area contributed by atoms with E-state index in [1.54, 1.807) is 12.1 Å². The summed E-state index contributed by atoms with van der Waals surface area (Å²) in [5.74, 6) is -0.118. The maximum atomic E-state index is 10.7. The Labute approximate surface area is 139 Å². The minimum absolute atomic E-state index is 0.380. The number of fused-ring (bicyclic) bond motifs is 1. The predicted molar refractivity (Wildman–Crippen MR) is 87.4 cm³/mol. The average molecular weight is 382 g/mol. The largest absolute Gasteiger partial charge is 0.480 e. The summed E-state index contributed by atoms with van der Waals surface area (Å²) in [5, 5.41) is 9.30. The van der Waals surface area contributed by atoms with Crippen LogP contribution in [0.25, 0.3) is 22.4 Å². The van der Waals surface area contributed by atoms with E-state index in [4.69, 9.17) is 21.4 Å². The lowest BCUT2D eigenvalue weighted by Crippen LogP contribution is -2.10. The number of hydrogen-bond donors (Lipinski definition) is 2. The van der Waals surface area contributed by atoms with Gasteiger partial charge < -0.3 is 14.8 Å². The number of nitrogens with one attached hydrogen (secondary N) is 1. The van der Waals surface area contributed by atoms with Crippen molar-refractivity contribution >= 4 is 44.5 Å². The number of carbonyl (C=O) groups is 1. The SMILES string of the molecule is O=C(O)COc1c(Br)cc(Cl)cc1-c1nc2ccccc2[nH]1. The van der Waals surface area contributed by atoms with Crippen LogP contribution >= 0.6 is 27.5 Å². The highest BCUT2D eigenvalue weighted by Gasteiger charge is 2.16. The third kappa shape index (κ3) is 2.93. The lowest BCUT2D eigenvalue weighted by molar-refractivity contribution is -0.139. The lowest BCUT2D eigenvalue weighted by Gasteiger charge is -2.11. The van der Waals surface area contributed by atoms with Crippen molar-refractivity contribution in [2.45, 2.75) is 0 Å². The molecule has 0 aliphatic carbocycles. The minimum atomic E-state index is -1.06. The summed E-state index contributed by atoms with van der Waals surface area (Å²) in [7, 11) is 0. The zero-order valence-corrected chi connectivity index (χ0v) is 13.5. The van der Waals surface area contributed by atoms with Crippen LogP contribution in [0.2, 0.25) is 5.02 Å². The summed E-state index contributed by atoms with van der Waals surface area (Å²) in [4.78, 5) is 18.4. The van der Waals surface area contributed by atoms with Crippen molar-refractivity contribution in [1.29, 1.82) is 0 Å². The monoisotopic (exact) mass is 380 g/mol. The van der Waals surface area contributed by atoms with Gasteiger partial charge in [0, 0.05) is 5.02 Å². The second-order valence-corrected chi connectivity index (χ2v) is 5.84. The molecule has 0 unspecified atom stereocenters. The molecule has 5 nitrogen and oxygen atoms in total. The third-order valence-corrected chi connectivity index (χ3v) is 3.80. The Morgan fingerprint density at radius 2 is 2.14 bits per heavy atom. The van der Waals surface area contributed by atoms with E-state index in [9.17, 15) is 4.79 Å². The van der Waals surface area contributed by atoms with Gasteiger partial charge in [-0.2, -0.15) is 0 Å². The van der Waals surface area contributed by atoms with Crippen LogP contribution in [0.5, 0.6) is 5.75 Å². The molecule has 0 spiro atoms. The molecule has 2 aromatic carbocycles. The standard InChI is InChI=1S/C15H10BrClN2O3/c16-10-6-8(17)5-9(14(10)22-7-13(20)21)15-18-11-3-1-2-4-12(11)19-15/h1-6H,7H2,(H,18,19)(H,20,21). The molecule has 0 aliphatic rings. The van der Waals surface area contributed by atoms with Crippen molar-refractivity contribution in [2.24, 2.45) is 0 Å². The fourth-order valence-electron chi connectivity index (χ4n) is 2.10. The van der Waals surface area contributed by atoms with E-state index in [2.05, 4.69) is 25.9 Å². The number of H-pyrrole nitrogens is 1. The van der Waals surface area contributed by atoms with Gasteiger partial charge in [0.1, 0.15) is 11.6 Å². The van der Waals surface area contributed by atoms with Gasteiger partial charge in [-0.05, 0) is 40.2 Å². The smallest absolute Gasteiger partial charge is 0.341 e. The molecule has 0 amide bonds. The second kappa shape index (κ2) is 5.98. The van der Waals surface area contributed by atoms with Crippen LogP contribution in [0.3, 0.4) is 0 Å². The summed E-state index contributed by atoms with van der Waals surface area (Å²) in [6, 6.07) is 10.9. The van der Waals surface area contributed by atoms with Crippen LogP contribution < -0.4 is 4.74 Å². The molecule has 2 N–H and O–H groups in total. The van der Waals surface area contributed by atoms with Gasteiger partial charge in [-0.15, -0.1) is 0 Å². The Morgan fingerprint density at radius 3 is 2.86 bits per heavy atom. The van der Waals surface area contributed by atoms with E-state index in [0.717, 1.165) is 11.0 Å². The highest BCUT2D eigenvalue weighted by molar-refractivity contribution is 9.10. The molecule has 0 radical (unpaired) electrons. The molecule has 7 heteroatoms. The summed E-state index contributed by atoms with van der Waals surface area (Å²) in [6.07, 6.45) is 0. The zero-order valence-electron chi connectivity index (χ0n) is 11.1. The summed E-state index contributed by atoms with van der Waals surface area (Å²) in [5.41, 5.74) is 2.27. The zero-order chi connectivity index (χ0) is 15.7. The number of hydrogen-bond acceptors (Lipinski definition) is 3. The van der Waals surface area contributed by atoms with Crippen LogP contribution in [0, 0.1) is 0 Å². The van der Waals surface area contributed by atoms with E-state index in [1.165, 1.54) is 0 Å². The summed E-state index contributed by atoms with van der Waals surface area (Å²) < 4.78 is 5.94.